The number of hydrogen-bond donors (Lipinski definition) is 1. The quantitative estimate of drug-likeness (QED) is 0.837. The minimum atomic E-state index is 0.447. The fourth-order valence-corrected chi connectivity index (χ4v) is 1.72. The van der Waals surface area contributed by atoms with Crippen LogP contribution in [0.5, 0.6) is 5.75 Å². The second kappa shape index (κ2) is 5.11. The van der Waals surface area contributed by atoms with Crippen LogP contribution in [0.2, 0.25) is 5.02 Å². The van der Waals surface area contributed by atoms with E-state index in [9.17, 15) is 0 Å². The van der Waals surface area contributed by atoms with Gasteiger partial charge in [0.15, 0.2) is 0 Å². The van der Waals surface area contributed by atoms with Crippen LogP contribution in [0.1, 0.15) is 11.1 Å². The molecule has 0 aliphatic rings. The maximum Gasteiger partial charge on any atom is 0.119 e. The molecule has 0 bridgehead atoms. The largest absolute Gasteiger partial charge is 0.489 e. The number of nitrogens with two attached hydrogens (primary N) is 1. The maximum absolute atomic E-state index is 6.06. The van der Waals surface area contributed by atoms with Gasteiger partial charge in [-0.2, -0.15) is 0 Å². The van der Waals surface area contributed by atoms with Crippen LogP contribution >= 0.6 is 11.6 Å². The van der Waals surface area contributed by atoms with Crippen LogP contribution in [0.3, 0.4) is 0 Å². The summed E-state index contributed by atoms with van der Waals surface area (Å²) in [4.78, 5) is 0. The SMILES string of the molecule is Cc1ccc(OCc2ccc(N)cc2Cl)cc1. The first-order valence-electron chi connectivity index (χ1n) is 5.38. The van der Waals surface area contributed by atoms with Gasteiger partial charge in [0.1, 0.15) is 12.4 Å². The third-order valence-corrected chi connectivity index (χ3v) is 2.84. The Kier molecular flexibility index (Phi) is 3.55. The minimum absolute atomic E-state index is 0.447. The summed E-state index contributed by atoms with van der Waals surface area (Å²) in [7, 11) is 0. The predicted molar refractivity (Wildman–Crippen MR) is 71.4 cm³/mol. The molecular weight excluding hydrogens is 234 g/mol. The van der Waals surface area contributed by atoms with E-state index in [0.29, 0.717) is 17.3 Å². The number of halogens is 1. The average molecular weight is 248 g/mol. The molecule has 0 atom stereocenters. The molecule has 0 amide bonds. The Morgan fingerprint density at radius 3 is 2.47 bits per heavy atom. The lowest BCUT2D eigenvalue weighted by Gasteiger charge is -2.08. The standard InChI is InChI=1S/C14H14ClNO/c1-10-2-6-13(7-3-10)17-9-11-4-5-12(16)8-14(11)15/h2-8H,9,16H2,1H3. The van der Waals surface area contributed by atoms with Gasteiger partial charge < -0.3 is 10.5 Å². The number of anilines is 1. The highest BCUT2D eigenvalue weighted by Crippen LogP contribution is 2.21. The molecule has 2 nitrogen and oxygen atoms in total. The van der Waals surface area contributed by atoms with Crippen molar-refractivity contribution in [3.63, 3.8) is 0 Å². The molecule has 0 heterocycles. The highest BCUT2D eigenvalue weighted by atomic mass is 35.5. The molecular formula is C14H14ClNO. The molecule has 2 N–H and O–H groups in total. The molecule has 0 aliphatic carbocycles. The lowest BCUT2D eigenvalue weighted by atomic mass is 10.2. The van der Waals surface area contributed by atoms with Gasteiger partial charge in [-0.05, 0) is 31.2 Å². The van der Waals surface area contributed by atoms with Gasteiger partial charge in [-0.25, -0.2) is 0 Å². The normalized spacial score (nSPS) is 10.2. The molecule has 0 saturated carbocycles. The van der Waals surface area contributed by atoms with E-state index < -0.39 is 0 Å². The van der Waals surface area contributed by atoms with Crippen LogP contribution in [-0.2, 0) is 6.61 Å². The summed E-state index contributed by atoms with van der Waals surface area (Å²) in [6.45, 7) is 2.49. The number of benzene rings is 2. The maximum atomic E-state index is 6.06. The van der Waals surface area contributed by atoms with Gasteiger partial charge in [0, 0.05) is 16.3 Å². The summed E-state index contributed by atoms with van der Waals surface area (Å²) in [5, 5.41) is 0.636. The van der Waals surface area contributed by atoms with Crippen LogP contribution in [0.4, 0.5) is 5.69 Å². The van der Waals surface area contributed by atoms with E-state index in [-0.39, 0.29) is 0 Å². The molecule has 2 rings (SSSR count). The first-order chi connectivity index (χ1) is 8.15. The fourth-order valence-electron chi connectivity index (χ4n) is 1.48. The Bertz CT molecular complexity index is 508. The van der Waals surface area contributed by atoms with Crippen molar-refractivity contribution < 1.29 is 4.74 Å². The summed E-state index contributed by atoms with van der Waals surface area (Å²) in [6.07, 6.45) is 0. The van der Waals surface area contributed by atoms with Crippen molar-refractivity contribution in [1.82, 2.24) is 0 Å². The molecule has 2 aromatic carbocycles. The third-order valence-electron chi connectivity index (χ3n) is 2.49. The van der Waals surface area contributed by atoms with Gasteiger partial charge in [-0.1, -0.05) is 35.4 Å². The van der Waals surface area contributed by atoms with Crippen molar-refractivity contribution >= 4 is 17.3 Å². The molecule has 0 radical (unpaired) electrons. The molecule has 0 unspecified atom stereocenters. The molecule has 0 aromatic heterocycles. The highest BCUT2D eigenvalue weighted by Gasteiger charge is 2.01. The summed E-state index contributed by atoms with van der Waals surface area (Å²) in [6, 6.07) is 13.3. The van der Waals surface area contributed by atoms with Crippen molar-refractivity contribution in [2.45, 2.75) is 13.5 Å². The van der Waals surface area contributed by atoms with E-state index in [1.807, 2.05) is 43.3 Å². The first kappa shape index (κ1) is 11.8. The Morgan fingerprint density at radius 2 is 1.82 bits per heavy atom. The van der Waals surface area contributed by atoms with E-state index in [2.05, 4.69) is 0 Å². The molecule has 2 aromatic rings. The zero-order valence-corrected chi connectivity index (χ0v) is 10.4. The summed E-state index contributed by atoms with van der Waals surface area (Å²) in [5.41, 5.74) is 8.43. The van der Waals surface area contributed by atoms with Crippen LogP contribution in [0, 0.1) is 6.92 Å². The van der Waals surface area contributed by atoms with E-state index in [1.54, 1.807) is 6.07 Å². The van der Waals surface area contributed by atoms with Gasteiger partial charge in [-0.3, -0.25) is 0 Å². The smallest absolute Gasteiger partial charge is 0.119 e. The minimum Gasteiger partial charge on any atom is -0.489 e. The van der Waals surface area contributed by atoms with Crippen molar-refractivity contribution in [1.29, 1.82) is 0 Å². The van der Waals surface area contributed by atoms with Crippen LogP contribution in [-0.4, -0.2) is 0 Å². The zero-order chi connectivity index (χ0) is 12.3. The fraction of sp³-hybridized carbons (Fsp3) is 0.143. The van der Waals surface area contributed by atoms with Crippen LogP contribution < -0.4 is 10.5 Å². The van der Waals surface area contributed by atoms with Gasteiger partial charge in [-0.15, -0.1) is 0 Å². The molecule has 0 fully saturated rings. The molecule has 17 heavy (non-hydrogen) atoms. The number of rotatable bonds is 3. The molecule has 3 heteroatoms. The number of nitrogen functional groups attached to an aromatic ring is 1. The van der Waals surface area contributed by atoms with Gasteiger partial charge >= 0.3 is 0 Å². The Morgan fingerprint density at radius 1 is 1.12 bits per heavy atom. The lowest BCUT2D eigenvalue weighted by molar-refractivity contribution is 0.306. The number of ether oxygens (including phenoxy) is 1. The van der Waals surface area contributed by atoms with Crippen LogP contribution in [0.25, 0.3) is 0 Å². The highest BCUT2D eigenvalue weighted by molar-refractivity contribution is 6.31. The number of aryl methyl sites for hydroxylation is 1. The summed E-state index contributed by atoms with van der Waals surface area (Å²) in [5.74, 6) is 0.837. The molecule has 0 spiro atoms. The molecule has 88 valence electrons. The lowest BCUT2D eigenvalue weighted by Crippen LogP contribution is -1.97. The zero-order valence-electron chi connectivity index (χ0n) is 9.61. The van der Waals surface area contributed by atoms with Crippen molar-refractivity contribution in [3.8, 4) is 5.75 Å². The topological polar surface area (TPSA) is 35.2 Å². The second-order valence-electron chi connectivity index (χ2n) is 3.95. The number of hydrogen-bond acceptors (Lipinski definition) is 2. The van der Waals surface area contributed by atoms with Gasteiger partial charge in [0.25, 0.3) is 0 Å². The Hall–Kier alpha value is -1.67. The van der Waals surface area contributed by atoms with Crippen LogP contribution in [0.15, 0.2) is 42.5 Å². The van der Waals surface area contributed by atoms with E-state index in [4.69, 9.17) is 22.1 Å². The van der Waals surface area contributed by atoms with E-state index in [1.165, 1.54) is 5.56 Å². The predicted octanol–water partition coefficient (Wildman–Crippen LogP) is 3.81. The molecule has 0 saturated heterocycles. The summed E-state index contributed by atoms with van der Waals surface area (Å²) < 4.78 is 5.64. The third kappa shape index (κ3) is 3.14. The Balaban J connectivity index is 2.04. The Labute approximate surface area is 106 Å². The van der Waals surface area contributed by atoms with Gasteiger partial charge in [0.05, 0.1) is 0 Å². The van der Waals surface area contributed by atoms with Crippen molar-refractivity contribution in [3.05, 3.63) is 58.6 Å². The molecule has 0 aliphatic heterocycles. The van der Waals surface area contributed by atoms with E-state index in [0.717, 1.165) is 11.3 Å². The second-order valence-corrected chi connectivity index (χ2v) is 4.36. The van der Waals surface area contributed by atoms with Gasteiger partial charge in [0.2, 0.25) is 0 Å². The first-order valence-corrected chi connectivity index (χ1v) is 5.76. The van der Waals surface area contributed by atoms with E-state index >= 15 is 0 Å². The average Bonchev–Trinajstić information content (AvgIpc) is 2.30. The monoisotopic (exact) mass is 247 g/mol. The van der Waals surface area contributed by atoms with Crippen molar-refractivity contribution in [2.75, 3.05) is 5.73 Å². The summed E-state index contributed by atoms with van der Waals surface area (Å²) >= 11 is 6.06. The van der Waals surface area contributed by atoms with Crippen molar-refractivity contribution in [2.24, 2.45) is 0 Å².